The van der Waals surface area contributed by atoms with Gasteiger partial charge >= 0.3 is 18.2 Å². The maximum atomic E-state index is 12.7. The summed E-state index contributed by atoms with van der Waals surface area (Å²) in [5.41, 5.74) is -1.43. The Morgan fingerprint density at radius 3 is 2.58 bits per heavy atom. The van der Waals surface area contributed by atoms with Gasteiger partial charge in [0.2, 0.25) is 0 Å². The molecule has 1 aromatic carbocycles. The molecular weight excluding hydrogens is 325 g/mol. The van der Waals surface area contributed by atoms with Crippen molar-refractivity contribution < 1.29 is 27.9 Å². The summed E-state index contributed by atoms with van der Waals surface area (Å²) in [6.45, 7) is 3.52. The van der Waals surface area contributed by atoms with Crippen LogP contribution in [0.5, 0.6) is 0 Å². The minimum Gasteiger partial charge on any atom is -0.481 e. The van der Waals surface area contributed by atoms with Crippen LogP contribution in [0.2, 0.25) is 0 Å². The van der Waals surface area contributed by atoms with Crippen molar-refractivity contribution in [3.05, 3.63) is 35.4 Å². The molecule has 2 amide bonds. The fourth-order valence-corrected chi connectivity index (χ4v) is 2.65. The Kier molecular flexibility index (Phi) is 4.77. The van der Waals surface area contributed by atoms with Crippen LogP contribution in [0.4, 0.5) is 18.0 Å². The molecule has 24 heavy (non-hydrogen) atoms. The summed E-state index contributed by atoms with van der Waals surface area (Å²) in [5, 5.41) is 11.8. The number of hydrogen-bond donors (Lipinski definition) is 2. The van der Waals surface area contributed by atoms with Crippen LogP contribution < -0.4 is 5.32 Å². The Morgan fingerprint density at radius 2 is 2.04 bits per heavy atom. The Morgan fingerprint density at radius 1 is 1.38 bits per heavy atom. The predicted molar refractivity (Wildman–Crippen MR) is 80.3 cm³/mol. The van der Waals surface area contributed by atoms with E-state index in [4.69, 9.17) is 0 Å². The number of nitrogens with one attached hydrogen (secondary N) is 1. The maximum Gasteiger partial charge on any atom is 0.416 e. The van der Waals surface area contributed by atoms with E-state index in [0.717, 1.165) is 12.1 Å². The van der Waals surface area contributed by atoms with E-state index in [1.807, 2.05) is 0 Å². The maximum absolute atomic E-state index is 12.7. The molecule has 0 aliphatic carbocycles. The quantitative estimate of drug-likeness (QED) is 0.884. The van der Waals surface area contributed by atoms with Crippen molar-refractivity contribution in [2.24, 2.45) is 5.41 Å². The third-order valence-electron chi connectivity index (χ3n) is 4.33. The highest BCUT2D eigenvalue weighted by Gasteiger charge is 2.42. The van der Waals surface area contributed by atoms with E-state index in [-0.39, 0.29) is 6.54 Å². The topological polar surface area (TPSA) is 69.6 Å². The molecule has 1 saturated heterocycles. The van der Waals surface area contributed by atoms with Crippen molar-refractivity contribution in [2.75, 3.05) is 13.1 Å². The Hall–Kier alpha value is -2.25. The van der Waals surface area contributed by atoms with Gasteiger partial charge in [-0.1, -0.05) is 12.1 Å². The van der Waals surface area contributed by atoms with Gasteiger partial charge < -0.3 is 15.3 Å². The molecule has 132 valence electrons. The standard InChI is InChI=1S/C16H19F3N2O3/c1-10(11-4-3-5-12(8-11)16(17,18)19)20-14(24)21-7-6-15(2,9-21)13(22)23/h3-5,8,10H,6-7,9H2,1-2H3,(H,20,24)(H,22,23). The van der Waals surface area contributed by atoms with E-state index in [0.29, 0.717) is 18.5 Å². The van der Waals surface area contributed by atoms with Gasteiger partial charge in [0.15, 0.2) is 0 Å². The number of carbonyl (C=O) groups excluding carboxylic acids is 1. The number of hydrogen-bond acceptors (Lipinski definition) is 2. The molecule has 5 nitrogen and oxygen atoms in total. The van der Waals surface area contributed by atoms with Crippen LogP contribution in [0.25, 0.3) is 0 Å². The molecule has 1 aliphatic heterocycles. The van der Waals surface area contributed by atoms with Crippen molar-refractivity contribution in [1.82, 2.24) is 10.2 Å². The second kappa shape index (κ2) is 6.33. The summed E-state index contributed by atoms with van der Waals surface area (Å²) in [6, 6.07) is 3.65. The molecule has 0 saturated carbocycles. The molecule has 0 radical (unpaired) electrons. The number of carboxylic acid groups (broad SMARTS) is 1. The van der Waals surface area contributed by atoms with Gasteiger partial charge in [-0.2, -0.15) is 13.2 Å². The average Bonchev–Trinajstić information content (AvgIpc) is 2.90. The van der Waals surface area contributed by atoms with Gasteiger partial charge in [0.05, 0.1) is 17.0 Å². The van der Waals surface area contributed by atoms with Crippen LogP contribution in [-0.4, -0.2) is 35.1 Å². The van der Waals surface area contributed by atoms with E-state index in [2.05, 4.69) is 5.32 Å². The Balaban J connectivity index is 2.04. The van der Waals surface area contributed by atoms with Gasteiger partial charge in [0.25, 0.3) is 0 Å². The minimum atomic E-state index is -4.45. The molecule has 1 aromatic rings. The van der Waals surface area contributed by atoms with Gasteiger partial charge in [0.1, 0.15) is 0 Å². The number of amides is 2. The summed E-state index contributed by atoms with van der Waals surface area (Å²) in [4.78, 5) is 24.8. The summed E-state index contributed by atoms with van der Waals surface area (Å²) >= 11 is 0. The minimum absolute atomic E-state index is 0.0729. The SMILES string of the molecule is CC(NC(=O)N1CCC(C)(C(=O)O)C1)c1cccc(C(F)(F)F)c1. The third-order valence-corrected chi connectivity index (χ3v) is 4.33. The van der Waals surface area contributed by atoms with Crippen LogP contribution in [0.3, 0.4) is 0 Å². The number of benzene rings is 1. The van der Waals surface area contributed by atoms with Crippen LogP contribution in [-0.2, 0) is 11.0 Å². The zero-order valence-electron chi connectivity index (χ0n) is 13.4. The first-order chi connectivity index (χ1) is 11.0. The number of nitrogens with zero attached hydrogens (tertiary/aromatic N) is 1. The molecule has 8 heteroatoms. The number of aliphatic carboxylic acids is 1. The molecule has 0 bridgehead atoms. The molecule has 2 N–H and O–H groups in total. The first-order valence-corrected chi connectivity index (χ1v) is 7.49. The van der Waals surface area contributed by atoms with E-state index in [1.54, 1.807) is 13.8 Å². The lowest BCUT2D eigenvalue weighted by molar-refractivity contribution is -0.147. The molecule has 2 unspecified atom stereocenters. The smallest absolute Gasteiger partial charge is 0.416 e. The summed E-state index contributed by atoms with van der Waals surface area (Å²) < 4.78 is 38.2. The number of rotatable bonds is 3. The number of carboxylic acids is 1. The summed E-state index contributed by atoms with van der Waals surface area (Å²) in [5.74, 6) is -0.969. The lowest BCUT2D eigenvalue weighted by Gasteiger charge is -2.23. The fraction of sp³-hybridized carbons (Fsp3) is 0.500. The lowest BCUT2D eigenvalue weighted by Crippen LogP contribution is -2.41. The van der Waals surface area contributed by atoms with E-state index in [1.165, 1.54) is 17.0 Å². The summed E-state index contributed by atoms with van der Waals surface area (Å²) in [7, 11) is 0. The van der Waals surface area contributed by atoms with Crippen molar-refractivity contribution >= 4 is 12.0 Å². The third kappa shape index (κ3) is 3.80. The fourth-order valence-electron chi connectivity index (χ4n) is 2.65. The van der Waals surface area contributed by atoms with Crippen LogP contribution in [0.15, 0.2) is 24.3 Å². The van der Waals surface area contributed by atoms with Gasteiger partial charge in [-0.15, -0.1) is 0 Å². The van der Waals surface area contributed by atoms with Crippen LogP contribution >= 0.6 is 0 Å². The zero-order valence-corrected chi connectivity index (χ0v) is 13.4. The number of carbonyl (C=O) groups is 2. The predicted octanol–water partition coefficient (Wildman–Crippen LogP) is 3.27. The highest BCUT2D eigenvalue weighted by molar-refractivity contribution is 5.79. The average molecular weight is 344 g/mol. The second-order valence-electron chi connectivity index (χ2n) is 6.33. The Bertz CT molecular complexity index is 648. The normalized spacial score (nSPS) is 22.3. The van der Waals surface area contributed by atoms with E-state index < -0.39 is 35.2 Å². The Labute approximate surface area is 137 Å². The van der Waals surface area contributed by atoms with Crippen molar-refractivity contribution in [3.8, 4) is 0 Å². The van der Waals surface area contributed by atoms with Gasteiger partial charge in [-0.05, 0) is 38.0 Å². The molecule has 1 fully saturated rings. The van der Waals surface area contributed by atoms with Crippen molar-refractivity contribution in [2.45, 2.75) is 32.5 Å². The monoisotopic (exact) mass is 344 g/mol. The number of halogens is 3. The van der Waals surface area contributed by atoms with Gasteiger partial charge in [-0.25, -0.2) is 4.79 Å². The molecule has 1 heterocycles. The molecule has 0 spiro atoms. The molecule has 2 atom stereocenters. The van der Waals surface area contributed by atoms with Crippen LogP contribution in [0, 0.1) is 5.41 Å². The van der Waals surface area contributed by atoms with Crippen molar-refractivity contribution in [1.29, 1.82) is 0 Å². The molecule has 0 aromatic heterocycles. The number of alkyl halides is 3. The molecular formula is C16H19F3N2O3. The van der Waals surface area contributed by atoms with Crippen molar-refractivity contribution in [3.63, 3.8) is 0 Å². The highest BCUT2D eigenvalue weighted by atomic mass is 19.4. The van der Waals surface area contributed by atoms with Gasteiger partial charge in [0, 0.05) is 13.1 Å². The lowest BCUT2D eigenvalue weighted by atomic mass is 9.90. The van der Waals surface area contributed by atoms with Gasteiger partial charge in [-0.3, -0.25) is 4.79 Å². The summed E-state index contributed by atoms with van der Waals surface area (Å²) in [6.07, 6.45) is -4.11. The number of urea groups is 1. The largest absolute Gasteiger partial charge is 0.481 e. The second-order valence-corrected chi connectivity index (χ2v) is 6.33. The first-order valence-electron chi connectivity index (χ1n) is 7.49. The van der Waals surface area contributed by atoms with E-state index >= 15 is 0 Å². The van der Waals surface area contributed by atoms with E-state index in [9.17, 15) is 27.9 Å². The molecule has 2 rings (SSSR count). The highest BCUT2D eigenvalue weighted by Crippen LogP contribution is 2.32. The zero-order chi connectivity index (χ0) is 18.1. The van der Waals surface area contributed by atoms with Crippen LogP contribution in [0.1, 0.15) is 37.4 Å². The molecule has 1 aliphatic rings. The number of likely N-dealkylation sites (tertiary alicyclic amines) is 1. The first kappa shape index (κ1) is 18.1.